The second-order valence-electron chi connectivity index (χ2n) is 3.34. The fraction of sp³-hybridized carbons (Fsp3) is 0. The van der Waals surface area contributed by atoms with Crippen LogP contribution >= 0.6 is 0 Å². The van der Waals surface area contributed by atoms with Gasteiger partial charge in [0, 0.05) is 11.8 Å². The number of aromatic nitrogens is 1. The van der Waals surface area contributed by atoms with Gasteiger partial charge in [0.1, 0.15) is 12.1 Å². The Bertz CT molecular complexity index is 595. The number of nitrogens with zero attached hydrogens (tertiary/aromatic N) is 1. The highest BCUT2D eigenvalue weighted by molar-refractivity contribution is 6.02. The van der Waals surface area contributed by atoms with Gasteiger partial charge in [0.05, 0.1) is 5.56 Å². The Balaban J connectivity index is 2.18. The molecule has 7 heteroatoms. The molecular formula is C11H7FN2O4. The van der Waals surface area contributed by atoms with Crippen molar-refractivity contribution in [2.75, 3.05) is 5.32 Å². The molecule has 0 saturated carbocycles. The van der Waals surface area contributed by atoms with E-state index in [1.165, 1.54) is 18.4 Å². The molecule has 1 aromatic carbocycles. The Labute approximate surface area is 100 Å². The number of carbonyl (C=O) groups excluding carboxylic acids is 1. The molecular weight excluding hydrogens is 243 g/mol. The lowest BCUT2D eigenvalue weighted by molar-refractivity contribution is 0.0692. The minimum atomic E-state index is -1.37. The second-order valence-corrected chi connectivity index (χ2v) is 3.34. The summed E-state index contributed by atoms with van der Waals surface area (Å²) in [4.78, 5) is 22.1. The van der Waals surface area contributed by atoms with E-state index in [2.05, 4.69) is 15.0 Å². The van der Waals surface area contributed by atoms with Crippen LogP contribution in [-0.2, 0) is 0 Å². The van der Waals surface area contributed by atoms with Crippen LogP contribution in [0.5, 0.6) is 0 Å². The van der Waals surface area contributed by atoms with Gasteiger partial charge in [0.25, 0.3) is 5.91 Å². The van der Waals surface area contributed by atoms with Gasteiger partial charge >= 0.3 is 5.97 Å². The molecule has 2 aromatic rings. The van der Waals surface area contributed by atoms with Crippen LogP contribution in [-0.4, -0.2) is 22.1 Å². The summed E-state index contributed by atoms with van der Waals surface area (Å²) < 4.78 is 17.8. The van der Waals surface area contributed by atoms with Crippen molar-refractivity contribution in [3.05, 3.63) is 47.6 Å². The summed E-state index contributed by atoms with van der Waals surface area (Å²) in [5.74, 6) is -2.88. The molecule has 2 rings (SSSR count). The zero-order chi connectivity index (χ0) is 13.1. The van der Waals surface area contributed by atoms with Gasteiger partial charge in [-0.3, -0.25) is 4.79 Å². The van der Waals surface area contributed by atoms with E-state index < -0.39 is 23.3 Å². The number of rotatable bonds is 3. The van der Waals surface area contributed by atoms with Crippen LogP contribution in [0.4, 0.5) is 10.1 Å². The zero-order valence-electron chi connectivity index (χ0n) is 8.88. The van der Waals surface area contributed by atoms with E-state index in [-0.39, 0.29) is 11.4 Å². The molecule has 6 nitrogen and oxygen atoms in total. The summed E-state index contributed by atoms with van der Waals surface area (Å²) in [6.07, 6.45) is 1.23. The van der Waals surface area contributed by atoms with Crippen LogP contribution in [0.2, 0.25) is 0 Å². The fourth-order valence-electron chi connectivity index (χ4n) is 1.29. The third kappa shape index (κ3) is 2.34. The van der Waals surface area contributed by atoms with E-state index in [0.717, 1.165) is 12.1 Å². The van der Waals surface area contributed by atoms with Crippen molar-refractivity contribution in [1.29, 1.82) is 0 Å². The third-order valence-electron chi connectivity index (χ3n) is 2.13. The highest BCUT2D eigenvalue weighted by atomic mass is 19.1. The number of amides is 1. The predicted octanol–water partition coefficient (Wildman–Crippen LogP) is 1.76. The SMILES string of the molecule is O=C(Nc1ccc(C(=O)O)c(F)c1)c1ccon1. The average Bonchev–Trinajstić information content (AvgIpc) is 2.81. The van der Waals surface area contributed by atoms with E-state index in [1.807, 2.05) is 0 Å². The second kappa shape index (κ2) is 4.66. The first-order chi connectivity index (χ1) is 8.58. The van der Waals surface area contributed by atoms with Crippen LogP contribution < -0.4 is 5.32 Å². The topological polar surface area (TPSA) is 92.4 Å². The molecule has 1 aromatic heterocycles. The van der Waals surface area contributed by atoms with Crippen molar-refractivity contribution in [3.63, 3.8) is 0 Å². The Morgan fingerprint density at radius 1 is 1.33 bits per heavy atom. The number of hydrogen-bond donors (Lipinski definition) is 2. The number of carboxylic acid groups (broad SMARTS) is 1. The number of nitrogens with one attached hydrogen (secondary N) is 1. The summed E-state index contributed by atoms with van der Waals surface area (Å²) in [6.45, 7) is 0. The molecule has 0 aliphatic heterocycles. The molecule has 0 spiro atoms. The van der Waals surface area contributed by atoms with Gasteiger partial charge in [-0.05, 0) is 18.2 Å². The van der Waals surface area contributed by atoms with Gasteiger partial charge in [-0.15, -0.1) is 0 Å². The van der Waals surface area contributed by atoms with Crippen molar-refractivity contribution >= 4 is 17.6 Å². The lowest BCUT2D eigenvalue weighted by Gasteiger charge is -2.04. The van der Waals surface area contributed by atoms with Gasteiger partial charge in [-0.2, -0.15) is 0 Å². The maximum Gasteiger partial charge on any atom is 0.338 e. The van der Waals surface area contributed by atoms with Crippen LogP contribution in [0.15, 0.2) is 35.1 Å². The first kappa shape index (κ1) is 11.8. The zero-order valence-corrected chi connectivity index (χ0v) is 8.88. The fourth-order valence-corrected chi connectivity index (χ4v) is 1.29. The first-order valence-corrected chi connectivity index (χ1v) is 4.82. The minimum absolute atomic E-state index is 0.0396. The molecule has 92 valence electrons. The Morgan fingerprint density at radius 3 is 2.67 bits per heavy atom. The third-order valence-corrected chi connectivity index (χ3v) is 2.13. The van der Waals surface area contributed by atoms with Gasteiger partial charge in [0.15, 0.2) is 5.69 Å². The van der Waals surface area contributed by atoms with E-state index in [9.17, 15) is 14.0 Å². The molecule has 0 fully saturated rings. The number of halogens is 1. The van der Waals surface area contributed by atoms with Gasteiger partial charge in [0.2, 0.25) is 0 Å². The molecule has 0 radical (unpaired) electrons. The van der Waals surface area contributed by atoms with Gasteiger partial charge < -0.3 is 14.9 Å². The highest BCUT2D eigenvalue weighted by Crippen LogP contribution is 2.15. The Kier molecular flexibility index (Phi) is 3.05. The molecule has 0 aliphatic carbocycles. The molecule has 0 unspecified atom stereocenters. The molecule has 1 heterocycles. The number of carboxylic acids is 1. The largest absolute Gasteiger partial charge is 0.478 e. The Morgan fingerprint density at radius 2 is 2.11 bits per heavy atom. The normalized spacial score (nSPS) is 10.1. The molecule has 1 amide bonds. The number of hydrogen-bond acceptors (Lipinski definition) is 4. The van der Waals surface area contributed by atoms with Crippen molar-refractivity contribution in [1.82, 2.24) is 5.16 Å². The maximum atomic E-state index is 13.3. The highest BCUT2D eigenvalue weighted by Gasteiger charge is 2.13. The summed E-state index contributed by atoms with van der Waals surface area (Å²) in [5.41, 5.74) is -0.294. The Hall–Kier alpha value is -2.70. The molecule has 2 N–H and O–H groups in total. The smallest absolute Gasteiger partial charge is 0.338 e. The summed E-state index contributed by atoms with van der Waals surface area (Å²) in [5, 5.41) is 14.4. The summed E-state index contributed by atoms with van der Waals surface area (Å²) in [6, 6.07) is 4.61. The minimum Gasteiger partial charge on any atom is -0.478 e. The van der Waals surface area contributed by atoms with Gasteiger partial charge in [-0.1, -0.05) is 5.16 Å². The van der Waals surface area contributed by atoms with Crippen molar-refractivity contribution in [3.8, 4) is 0 Å². The lowest BCUT2D eigenvalue weighted by Crippen LogP contribution is -2.12. The number of anilines is 1. The van der Waals surface area contributed by atoms with Crippen molar-refractivity contribution in [2.24, 2.45) is 0 Å². The van der Waals surface area contributed by atoms with E-state index in [1.54, 1.807) is 0 Å². The van der Waals surface area contributed by atoms with Crippen LogP contribution in [0.25, 0.3) is 0 Å². The molecule has 0 atom stereocenters. The van der Waals surface area contributed by atoms with Crippen LogP contribution in [0, 0.1) is 5.82 Å². The lowest BCUT2D eigenvalue weighted by atomic mass is 10.2. The molecule has 0 saturated heterocycles. The van der Waals surface area contributed by atoms with Crippen molar-refractivity contribution < 1.29 is 23.6 Å². The molecule has 0 bridgehead atoms. The van der Waals surface area contributed by atoms with Crippen LogP contribution in [0.1, 0.15) is 20.8 Å². The average molecular weight is 250 g/mol. The quantitative estimate of drug-likeness (QED) is 0.865. The van der Waals surface area contributed by atoms with E-state index in [0.29, 0.717) is 0 Å². The van der Waals surface area contributed by atoms with E-state index >= 15 is 0 Å². The van der Waals surface area contributed by atoms with Crippen molar-refractivity contribution in [2.45, 2.75) is 0 Å². The number of carbonyl (C=O) groups is 2. The van der Waals surface area contributed by atoms with Gasteiger partial charge in [-0.25, -0.2) is 9.18 Å². The first-order valence-electron chi connectivity index (χ1n) is 4.82. The summed E-state index contributed by atoms with van der Waals surface area (Å²) in [7, 11) is 0. The predicted molar refractivity (Wildman–Crippen MR) is 57.8 cm³/mol. The maximum absolute atomic E-state index is 13.3. The number of benzene rings is 1. The number of aromatic carboxylic acids is 1. The van der Waals surface area contributed by atoms with Crippen LogP contribution in [0.3, 0.4) is 0 Å². The summed E-state index contributed by atoms with van der Waals surface area (Å²) >= 11 is 0. The monoisotopic (exact) mass is 250 g/mol. The standard InChI is InChI=1S/C11H7FN2O4/c12-8-5-6(1-2-7(8)11(16)17)13-10(15)9-3-4-18-14-9/h1-5H,(H,13,15)(H,16,17). The molecule has 0 aliphatic rings. The van der Waals surface area contributed by atoms with E-state index in [4.69, 9.17) is 5.11 Å². The molecule has 18 heavy (non-hydrogen) atoms.